The van der Waals surface area contributed by atoms with Crippen molar-refractivity contribution >= 4 is 39.9 Å². The van der Waals surface area contributed by atoms with Crippen molar-refractivity contribution in [3.8, 4) is 0 Å². The van der Waals surface area contributed by atoms with Crippen LogP contribution in [0.2, 0.25) is 0 Å². The van der Waals surface area contributed by atoms with E-state index < -0.39 is 17.8 Å². The number of carbonyl (C=O) groups is 2. The number of imide groups is 1. The third kappa shape index (κ3) is 8.79. The molecule has 2 aromatic heterocycles. The number of aryl methyl sites for hydroxylation is 1. The Balaban J connectivity index is 0.000000192. The summed E-state index contributed by atoms with van der Waals surface area (Å²) in [5.41, 5.74) is 8.52. The van der Waals surface area contributed by atoms with E-state index in [-0.39, 0.29) is 23.4 Å². The zero-order valence-corrected chi connectivity index (χ0v) is 29.7. The summed E-state index contributed by atoms with van der Waals surface area (Å²) in [6, 6.07) is 13.4. The molecule has 0 bridgehead atoms. The first kappa shape index (κ1) is 37.0. The molecule has 0 saturated carbocycles. The van der Waals surface area contributed by atoms with Gasteiger partial charge >= 0.3 is 6.18 Å². The predicted molar refractivity (Wildman–Crippen MR) is 194 cm³/mol. The van der Waals surface area contributed by atoms with Gasteiger partial charge in [-0.25, -0.2) is 4.98 Å². The maximum absolute atomic E-state index is 13.2. The first-order valence-corrected chi connectivity index (χ1v) is 17.7. The van der Waals surface area contributed by atoms with Gasteiger partial charge in [0, 0.05) is 42.2 Å². The quantitative estimate of drug-likeness (QED) is 0.162. The van der Waals surface area contributed by atoms with Crippen LogP contribution >= 0.6 is 0 Å². The molecule has 3 saturated heterocycles. The number of amides is 2. The molecule has 4 aromatic rings. The number of pyridine rings is 1. The number of benzene rings is 2. The average Bonchev–Trinajstić information content (AvgIpc) is 3.13. The maximum atomic E-state index is 13.2. The third-order valence-electron chi connectivity index (χ3n) is 10.1. The Morgan fingerprint density at radius 1 is 0.942 bits per heavy atom. The average molecular weight is 719 g/mol. The smallest absolute Gasteiger partial charge is 0.399 e. The highest BCUT2D eigenvalue weighted by Gasteiger charge is 2.32. The molecule has 4 N–H and O–H groups in total. The number of rotatable bonds is 6. The number of nitrogen functional groups attached to an aromatic ring is 1. The van der Waals surface area contributed by atoms with Crippen LogP contribution < -0.4 is 21.3 Å². The fraction of sp³-hybridized carbons (Fsp3) is 0.447. The van der Waals surface area contributed by atoms with Crippen LogP contribution in [0.15, 0.2) is 54.7 Å². The number of anilines is 3. The van der Waals surface area contributed by atoms with Crippen LogP contribution in [0.3, 0.4) is 0 Å². The van der Waals surface area contributed by atoms with Crippen LogP contribution in [0.1, 0.15) is 78.4 Å². The molecular formula is C38H45F3N8O3. The first-order chi connectivity index (χ1) is 24.9. The highest BCUT2D eigenvalue weighted by atomic mass is 19.4. The summed E-state index contributed by atoms with van der Waals surface area (Å²) in [5, 5.41) is 15.7. The summed E-state index contributed by atoms with van der Waals surface area (Å²) in [6.45, 7) is 8.63. The van der Waals surface area contributed by atoms with E-state index in [9.17, 15) is 22.8 Å². The molecule has 2 amide bonds. The molecule has 0 spiro atoms. The van der Waals surface area contributed by atoms with Crippen molar-refractivity contribution in [2.24, 2.45) is 0 Å². The van der Waals surface area contributed by atoms with E-state index in [1.54, 1.807) is 13.1 Å². The fourth-order valence-electron chi connectivity index (χ4n) is 6.97. The summed E-state index contributed by atoms with van der Waals surface area (Å²) in [4.78, 5) is 32.1. The van der Waals surface area contributed by atoms with Crippen molar-refractivity contribution in [2.45, 2.75) is 63.6 Å². The van der Waals surface area contributed by atoms with Crippen molar-refractivity contribution in [3.63, 3.8) is 0 Å². The highest BCUT2D eigenvalue weighted by Crippen LogP contribution is 2.35. The molecule has 14 heteroatoms. The zero-order chi connectivity index (χ0) is 37.0. The molecule has 2 aromatic carbocycles. The maximum Gasteiger partial charge on any atom is 0.416 e. The number of hydrogen-bond donors (Lipinski definition) is 3. The summed E-state index contributed by atoms with van der Waals surface area (Å²) in [6.07, 6.45) is 0.745. The lowest BCUT2D eigenvalue weighted by Gasteiger charge is -2.29. The van der Waals surface area contributed by atoms with Gasteiger partial charge in [0.15, 0.2) is 5.82 Å². The van der Waals surface area contributed by atoms with E-state index >= 15 is 0 Å². The molecule has 0 aliphatic carbocycles. The third-order valence-corrected chi connectivity index (χ3v) is 10.1. The van der Waals surface area contributed by atoms with Crippen molar-refractivity contribution in [3.05, 3.63) is 82.7 Å². The standard InChI is InChI=1S/C21H23F3N6O.C17H22N2O2/c1-12(14-7-15(21(22,23)24)9-16(25)8-14)27-20-17-10-19(30-3-5-31-6-4-30)26-11-18(17)13(2)28-29-20;1-19-10-8-13(9-11-19)12-2-4-14(5-3-12)15-6-7-16(20)18-17(15)21/h7-12H,3-6,25H2,1-2H3,(H,27,29);2-5,13,15H,6-11H2,1H3,(H,18,20,21). The number of alkyl halides is 3. The van der Waals surface area contributed by atoms with E-state index in [1.165, 1.54) is 24.5 Å². The Morgan fingerprint density at radius 2 is 1.63 bits per heavy atom. The molecule has 0 radical (unpaired) electrons. The van der Waals surface area contributed by atoms with E-state index in [1.807, 2.05) is 13.0 Å². The van der Waals surface area contributed by atoms with Crippen LogP contribution in [-0.4, -0.2) is 78.3 Å². The van der Waals surface area contributed by atoms with Gasteiger partial charge < -0.3 is 25.6 Å². The Kier molecular flexibility index (Phi) is 11.2. The molecule has 5 heterocycles. The van der Waals surface area contributed by atoms with Crippen molar-refractivity contribution in [1.82, 2.24) is 25.4 Å². The van der Waals surface area contributed by atoms with E-state index in [2.05, 4.69) is 66.9 Å². The van der Waals surface area contributed by atoms with E-state index in [0.29, 0.717) is 43.4 Å². The van der Waals surface area contributed by atoms with Gasteiger partial charge in [-0.2, -0.15) is 18.3 Å². The molecule has 3 fully saturated rings. The number of carbonyl (C=O) groups excluding carboxylic acids is 2. The zero-order valence-electron chi connectivity index (χ0n) is 29.7. The molecule has 11 nitrogen and oxygen atoms in total. The number of aromatic nitrogens is 3. The fourth-order valence-corrected chi connectivity index (χ4v) is 6.97. The van der Waals surface area contributed by atoms with Crippen molar-refractivity contribution in [2.75, 3.05) is 62.4 Å². The minimum atomic E-state index is -4.47. The number of nitrogens with zero attached hydrogens (tertiary/aromatic N) is 5. The van der Waals surface area contributed by atoms with Gasteiger partial charge in [-0.15, -0.1) is 5.10 Å². The SMILES string of the molecule is CN1CCC(c2ccc(C3CCC(=O)NC3=O)cc2)CC1.Cc1nnc(NC(C)c2cc(N)cc(C(F)(F)F)c2)c2cc(N3CCOCC3)ncc12. The number of likely N-dealkylation sites (tertiary alicyclic amines) is 1. The van der Waals surface area contributed by atoms with Crippen molar-refractivity contribution < 1.29 is 27.5 Å². The number of hydrogen-bond acceptors (Lipinski definition) is 10. The van der Waals surface area contributed by atoms with Gasteiger partial charge in [-0.05, 0) is 100 Å². The Morgan fingerprint density at radius 3 is 2.31 bits per heavy atom. The largest absolute Gasteiger partial charge is 0.416 e. The molecule has 52 heavy (non-hydrogen) atoms. The van der Waals surface area contributed by atoms with Gasteiger partial charge in [-0.1, -0.05) is 24.3 Å². The molecule has 2 atom stereocenters. The van der Waals surface area contributed by atoms with E-state index in [4.69, 9.17) is 10.5 Å². The van der Waals surface area contributed by atoms with E-state index in [0.717, 1.165) is 66.2 Å². The lowest BCUT2D eigenvalue weighted by atomic mass is 9.86. The Labute approximate surface area is 301 Å². The number of nitrogens with one attached hydrogen (secondary N) is 2. The van der Waals surface area contributed by atoms with Gasteiger partial charge in [0.1, 0.15) is 5.82 Å². The number of ether oxygens (including phenoxy) is 1. The molecular weight excluding hydrogens is 673 g/mol. The Bertz CT molecular complexity index is 1890. The lowest BCUT2D eigenvalue weighted by Crippen LogP contribution is -2.39. The molecule has 276 valence electrons. The second-order valence-corrected chi connectivity index (χ2v) is 13.8. The highest BCUT2D eigenvalue weighted by molar-refractivity contribution is 6.01. The number of morpholine rings is 1. The number of nitrogens with two attached hydrogens (primary N) is 1. The molecule has 7 rings (SSSR count). The van der Waals surface area contributed by atoms with Gasteiger partial charge in [-0.3, -0.25) is 14.9 Å². The molecule has 3 aliphatic rings. The van der Waals surface area contributed by atoms with Crippen LogP contribution in [0.5, 0.6) is 0 Å². The summed E-state index contributed by atoms with van der Waals surface area (Å²) in [5.74, 6) is 1.42. The second-order valence-electron chi connectivity index (χ2n) is 13.8. The van der Waals surface area contributed by atoms with Gasteiger partial charge in [0.05, 0.1) is 36.4 Å². The minimum absolute atomic E-state index is 0.0529. The van der Waals surface area contributed by atoms with Crippen LogP contribution in [-0.2, 0) is 20.5 Å². The Hall–Kier alpha value is -4.82. The van der Waals surface area contributed by atoms with Crippen LogP contribution in [0, 0.1) is 6.92 Å². The number of fused-ring (bicyclic) bond motifs is 1. The monoisotopic (exact) mass is 718 g/mol. The van der Waals surface area contributed by atoms with Crippen molar-refractivity contribution in [1.29, 1.82) is 0 Å². The predicted octanol–water partition coefficient (Wildman–Crippen LogP) is 5.96. The number of piperidine rings is 2. The topological polar surface area (TPSA) is 139 Å². The summed E-state index contributed by atoms with van der Waals surface area (Å²) >= 11 is 0. The minimum Gasteiger partial charge on any atom is -0.399 e. The normalized spacial score (nSPS) is 19.5. The summed E-state index contributed by atoms with van der Waals surface area (Å²) < 4.78 is 45.0. The molecule has 2 unspecified atom stereocenters. The second kappa shape index (κ2) is 15.8. The number of halogens is 3. The molecule has 3 aliphatic heterocycles. The van der Waals surface area contributed by atoms with Crippen LogP contribution in [0.25, 0.3) is 10.8 Å². The lowest BCUT2D eigenvalue weighted by molar-refractivity contribution is -0.138. The van der Waals surface area contributed by atoms with Gasteiger partial charge in [0.2, 0.25) is 11.8 Å². The van der Waals surface area contributed by atoms with Crippen LogP contribution in [0.4, 0.5) is 30.5 Å². The summed E-state index contributed by atoms with van der Waals surface area (Å²) in [7, 11) is 2.17. The first-order valence-electron chi connectivity index (χ1n) is 17.7. The van der Waals surface area contributed by atoms with Gasteiger partial charge in [0.25, 0.3) is 0 Å².